The maximum Gasteiger partial charge on any atom is 0.193 e. The number of guanidine groups is 1. The predicted octanol–water partition coefficient (Wildman–Crippen LogP) is 2.92. The molecule has 1 N–H and O–H groups in total. The van der Waals surface area contributed by atoms with E-state index in [-0.39, 0.29) is 0 Å². The van der Waals surface area contributed by atoms with Gasteiger partial charge in [-0.15, -0.1) is 0 Å². The molecule has 0 spiro atoms. The first kappa shape index (κ1) is 17.8. The third-order valence-electron chi connectivity index (χ3n) is 4.50. The monoisotopic (exact) mass is 319 g/mol. The van der Waals surface area contributed by atoms with Gasteiger partial charge in [0.2, 0.25) is 0 Å². The Labute approximate surface area is 141 Å². The van der Waals surface area contributed by atoms with Crippen molar-refractivity contribution in [2.75, 3.05) is 26.2 Å². The molecule has 0 bridgehead atoms. The van der Waals surface area contributed by atoms with Crippen LogP contribution in [-0.4, -0.2) is 46.6 Å². The second kappa shape index (κ2) is 8.94. The smallest absolute Gasteiger partial charge is 0.193 e. The lowest BCUT2D eigenvalue weighted by atomic mass is 9.92. The number of nitrogens with zero attached hydrogens (tertiary/aromatic N) is 4. The minimum atomic E-state index is 0.756. The van der Waals surface area contributed by atoms with Crippen LogP contribution in [0.25, 0.3) is 0 Å². The molecule has 1 aromatic heterocycles. The molecule has 0 amide bonds. The van der Waals surface area contributed by atoms with Crippen molar-refractivity contribution in [3.05, 3.63) is 18.2 Å². The van der Waals surface area contributed by atoms with Crippen molar-refractivity contribution in [2.45, 2.75) is 53.5 Å². The van der Waals surface area contributed by atoms with Crippen LogP contribution in [0.2, 0.25) is 0 Å². The summed E-state index contributed by atoms with van der Waals surface area (Å²) >= 11 is 0. The van der Waals surface area contributed by atoms with Crippen LogP contribution in [0, 0.1) is 18.8 Å². The fourth-order valence-corrected chi connectivity index (χ4v) is 3.48. The van der Waals surface area contributed by atoms with Crippen molar-refractivity contribution in [2.24, 2.45) is 16.8 Å². The van der Waals surface area contributed by atoms with Gasteiger partial charge in [0, 0.05) is 45.1 Å². The number of unbranched alkanes of at least 4 members (excludes halogenated alkanes) is 1. The van der Waals surface area contributed by atoms with Gasteiger partial charge in [-0.3, -0.25) is 4.99 Å². The second-order valence-electron chi connectivity index (χ2n) is 6.96. The van der Waals surface area contributed by atoms with E-state index in [0.29, 0.717) is 0 Å². The highest BCUT2D eigenvalue weighted by Crippen LogP contribution is 2.20. The van der Waals surface area contributed by atoms with Gasteiger partial charge in [-0.2, -0.15) is 0 Å². The molecular formula is C18H33N5. The highest BCUT2D eigenvalue weighted by molar-refractivity contribution is 5.80. The molecule has 1 fully saturated rings. The van der Waals surface area contributed by atoms with Gasteiger partial charge in [0.25, 0.3) is 0 Å². The number of likely N-dealkylation sites (tertiary alicyclic amines) is 1. The van der Waals surface area contributed by atoms with E-state index in [1.807, 2.05) is 6.20 Å². The number of hydrogen-bond donors (Lipinski definition) is 1. The number of hydrogen-bond acceptors (Lipinski definition) is 2. The van der Waals surface area contributed by atoms with E-state index in [9.17, 15) is 0 Å². The average molecular weight is 319 g/mol. The Hall–Kier alpha value is -1.52. The third kappa shape index (κ3) is 5.56. The quantitative estimate of drug-likeness (QED) is 0.498. The molecule has 2 heterocycles. The zero-order valence-corrected chi connectivity index (χ0v) is 15.3. The lowest BCUT2D eigenvalue weighted by Gasteiger charge is -2.37. The van der Waals surface area contributed by atoms with Gasteiger partial charge in [-0.1, -0.05) is 13.8 Å². The van der Waals surface area contributed by atoms with E-state index in [0.717, 1.165) is 69.2 Å². The van der Waals surface area contributed by atoms with Crippen LogP contribution in [-0.2, 0) is 6.54 Å². The standard InChI is InChI=1S/C18H33N5/c1-5-19-18(23-13-15(2)12-16(3)14-23)21-8-6-7-10-22-11-9-20-17(22)4/h9,11,15-16H,5-8,10,12-14H2,1-4H3,(H,19,21). The van der Waals surface area contributed by atoms with Crippen LogP contribution in [0.1, 0.15) is 45.9 Å². The topological polar surface area (TPSA) is 45.5 Å². The highest BCUT2D eigenvalue weighted by Gasteiger charge is 2.23. The number of aryl methyl sites for hydroxylation is 2. The number of rotatable bonds is 6. The van der Waals surface area contributed by atoms with Crippen molar-refractivity contribution in [3.8, 4) is 0 Å². The lowest BCUT2D eigenvalue weighted by Crippen LogP contribution is -2.48. The third-order valence-corrected chi connectivity index (χ3v) is 4.50. The molecule has 1 saturated heterocycles. The molecule has 23 heavy (non-hydrogen) atoms. The summed E-state index contributed by atoms with van der Waals surface area (Å²) in [6.45, 7) is 14.0. The number of piperidine rings is 1. The fraction of sp³-hybridized carbons (Fsp3) is 0.778. The van der Waals surface area contributed by atoms with Crippen LogP contribution in [0.15, 0.2) is 17.4 Å². The minimum Gasteiger partial charge on any atom is -0.357 e. The Morgan fingerprint density at radius 3 is 2.65 bits per heavy atom. The second-order valence-corrected chi connectivity index (χ2v) is 6.96. The van der Waals surface area contributed by atoms with E-state index < -0.39 is 0 Å². The number of aromatic nitrogens is 2. The van der Waals surface area contributed by atoms with Crippen LogP contribution < -0.4 is 5.32 Å². The van der Waals surface area contributed by atoms with E-state index >= 15 is 0 Å². The van der Waals surface area contributed by atoms with Crippen molar-refractivity contribution < 1.29 is 0 Å². The van der Waals surface area contributed by atoms with Gasteiger partial charge in [-0.25, -0.2) is 4.98 Å². The summed E-state index contributed by atoms with van der Waals surface area (Å²) in [5, 5.41) is 3.47. The Bertz CT molecular complexity index is 483. The first-order valence-electron chi connectivity index (χ1n) is 9.11. The van der Waals surface area contributed by atoms with Crippen molar-refractivity contribution in [1.82, 2.24) is 19.8 Å². The Morgan fingerprint density at radius 2 is 2.04 bits per heavy atom. The summed E-state index contributed by atoms with van der Waals surface area (Å²) in [5.74, 6) is 3.71. The average Bonchev–Trinajstić information content (AvgIpc) is 2.90. The summed E-state index contributed by atoms with van der Waals surface area (Å²) < 4.78 is 2.21. The normalized spacial score (nSPS) is 22.4. The maximum absolute atomic E-state index is 4.85. The van der Waals surface area contributed by atoms with Crippen molar-refractivity contribution >= 4 is 5.96 Å². The molecule has 5 nitrogen and oxygen atoms in total. The van der Waals surface area contributed by atoms with Gasteiger partial charge >= 0.3 is 0 Å². The molecule has 130 valence electrons. The molecule has 2 rings (SSSR count). The minimum absolute atomic E-state index is 0.756. The molecule has 1 aromatic rings. The van der Waals surface area contributed by atoms with E-state index in [4.69, 9.17) is 4.99 Å². The SMILES string of the molecule is CCNC(=NCCCCn1ccnc1C)N1CC(C)CC(C)C1. The molecule has 1 aliphatic heterocycles. The number of nitrogens with one attached hydrogen (secondary N) is 1. The van der Waals surface area contributed by atoms with Gasteiger partial charge < -0.3 is 14.8 Å². The summed E-state index contributed by atoms with van der Waals surface area (Å²) in [6.07, 6.45) is 7.52. The number of aliphatic imine (C=N–C) groups is 1. The van der Waals surface area contributed by atoms with Gasteiger partial charge in [0.1, 0.15) is 5.82 Å². The summed E-state index contributed by atoms with van der Waals surface area (Å²) in [4.78, 5) is 11.6. The van der Waals surface area contributed by atoms with Crippen molar-refractivity contribution in [1.29, 1.82) is 0 Å². The molecule has 0 aliphatic carbocycles. The first-order valence-corrected chi connectivity index (χ1v) is 9.11. The van der Waals surface area contributed by atoms with Crippen LogP contribution in [0.3, 0.4) is 0 Å². The molecule has 2 atom stereocenters. The Kier molecular flexibility index (Phi) is 6.93. The molecule has 0 radical (unpaired) electrons. The summed E-state index contributed by atoms with van der Waals surface area (Å²) in [6, 6.07) is 0. The maximum atomic E-state index is 4.85. The van der Waals surface area contributed by atoms with Crippen LogP contribution in [0.5, 0.6) is 0 Å². The molecule has 0 aromatic carbocycles. The molecule has 1 aliphatic rings. The number of imidazole rings is 1. The van der Waals surface area contributed by atoms with Gasteiger partial charge in [0.15, 0.2) is 5.96 Å². The zero-order chi connectivity index (χ0) is 16.7. The Balaban J connectivity index is 1.80. The molecule has 0 saturated carbocycles. The summed E-state index contributed by atoms with van der Waals surface area (Å²) in [5.41, 5.74) is 0. The lowest BCUT2D eigenvalue weighted by molar-refractivity contribution is 0.208. The zero-order valence-electron chi connectivity index (χ0n) is 15.3. The molecule has 2 unspecified atom stereocenters. The van der Waals surface area contributed by atoms with E-state index in [1.54, 1.807) is 0 Å². The largest absolute Gasteiger partial charge is 0.357 e. The van der Waals surface area contributed by atoms with Crippen LogP contribution >= 0.6 is 0 Å². The van der Waals surface area contributed by atoms with E-state index in [2.05, 4.69) is 53.7 Å². The summed E-state index contributed by atoms with van der Waals surface area (Å²) in [7, 11) is 0. The Morgan fingerprint density at radius 1 is 1.30 bits per heavy atom. The van der Waals surface area contributed by atoms with Gasteiger partial charge in [-0.05, 0) is 44.9 Å². The first-order chi connectivity index (χ1) is 11.1. The van der Waals surface area contributed by atoms with E-state index in [1.165, 1.54) is 6.42 Å². The predicted molar refractivity (Wildman–Crippen MR) is 96.7 cm³/mol. The highest BCUT2D eigenvalue weighted by atomic mass is 15.3. The fourth-order valence-electron chi connectivity index (χ4n) is 3.48. The van der Waals surface area contributed by atoms with Crippen molar-refractivity contribution in [3.63, 3.8) is 0 Å². The van der Waals surface area contributed by atoms with Crippen LogP contribution in [0.4, 0.5) is 0 Å². The molecule has 5 heteroatoms. The van der Waals surface area contributed by atoms with Gasteiger partial charge in [0.05, 0.1) is 0 Å². The molecular weight excluding hydrogens is 286 g/mol.